The van der Waals surface area contributed by atoms with E-state index < -0.39 is 4.92 Å². The number of hydrogen-bond acceptors (Lipinski definition) is 5. The number of ether oxygens (including phenoxy) is 1. The smallest absolute Gasteiger partial charge is 0.269 e. The van der Waals surface area contributed by atoms with Gasteiger partial charge in [0, 0.05) is 18.3 Å². The average molecular weight is 272 g/mol. The van der Waals surface area contributed by atoms with Crippen molar-refractivity contribution in [2.75, 3.05) is 0 Å². The van der Waals surface area contributed by atoms with E-state index >= 15 is 0 Å². The molecule has 0 spiro atoms. The van der Waals surface area contributed by atoms with Gasteiger partial charge < -0.3 is 10.5 Å². The minimum atomic E-state index is -0.470. The van der Waals surface area contributed by atoms with E-state index in [0.717, 1.165) is 0 Å². The van der Waals surface area contributed by atoms with E-state index in [1.54, 1.807) is 19.1 Å². The number of hydrogen-bond donors (Lipinski definition) is 2. The summed E-state index contributed by atoms with van der Waals surface area (Å²) in [6, 6.07) is 7.56. The van der Waals surface area contributed by atoms with Gasteiger partial charge in [0.25, 0.3) is 5.69 Å². The van der Waals surface area contributed by atoms with E-state index in [1.807, 2.05) is 0 Å². The molecule has 0 aliphatic rings. The van der Waals surface area contributed by atoms with E-state index in [-0.39, 0.29) is 17.2 Å². The van der Waals surface area contributed by atoms with Crippen molar-refractivity contribution in [3.8, 4) is 11.5 Å². The van der Waals surface area contributed by atoms with Crippen LogP contribution in [0.2, 0.25) is 0 Å². The highest BCUT2D eigenvalue weighted by Crippen LogP contribution is 2.29. The second-order valence-corrected chi connectivity index (χ2v) is 4.07. The van der Waals surface area contributed by atoms with Gasteiger partial charge in [-0.25, -0.2) is 4.98 Å². The average Bonchev–Trinajstić information content (AvgIpc) is 2.41. The molecular formula is C13H12N4O3. The molecular weight excluding hydrogens is 260 g/mol. The van der Waals surface area contributed by atoms with Crippen LogP contribution in [0, 0.1) is 22.4 Å². The van der Waals surface area contributed by atoms with Gasteiger partial charge >= 0.3 is 0 Å². The van der Waals surface area contributed by atoms with Gasteiger partial charge in [-0.2, -0.15) is 0 Å². The summed E-state index contributed by atoms with van der Waals surface area (Å²) in [6.45, 7) is 1.70. The molecule has 2 aromatic rings. The Balaban J connectivity index is 2.36. The number of aryl methyl sites for hydroxylation is 1. The molecule has 1 aromatic carbocycles. The number of nitrogens with zero attached hydrogens (tertiary/aromatic N) is 2. The quantitative estimate of drug-likeness (QED) is 0.383. The molecule has 7 nitrogen and oxygen atoms in total. The molecule has 3 N–H and O–H groups in total. The van der Waals surface area contributed by atoms with Crippen molar-refractivity contribution in [3.05, 3.63) is 57.9 Å². The summed E-state index contributed by atoms with van der Waals surface area (Å²) in [7, 11) is 0. The summed E-state index contributed by atoms with van der Waals surface area (Å²) in [5.74, 6) is 0.572. The van der Waals surface area contributed by atoms with Crippen LogP contribution in [0.5, 0.6) is 11.5 Å². The molecule has 0 saturated carbocycles. The number of nitrogen functional groups attached to an aromatic ring is 1. The first-order chi connectivity index (χ1) is 9.49. The van der Waals surface area contributed by atoms with E-state index in [0.29, 0.717) is 17.1 Å². The number of aromatic nitrogens is 1. The summed E-state index contributed by atoms with van der Waals surface area (Å²) in [6.07, 6.45) is 1.51. The normalized spacial score (nSPS) is 10.1. The molecule has 0 fully saturated rings. The Morgan fingerprint density at radius 1 is 1.40 bits per heavy atom. The summed E-state index contributed by atoms with van der Waals surface area (Å²) >= 11 is 0. The number of nitro groups is 1. The van der Waals surface area contributed by atoms with Gasteiger partial charge in [0.1, 0.15) is 17.3 Å². The summed E-state index contributed by atoms with van der Waals surface area (Å²) in [5.41, 5.74) is 6.25. The monoisotopic (exact) mass is 272 g/mol. The first-order valence-corrected chi connectivity index (χ1v) is 5.71. The number of nitrogens with one attached hydrogen (secondary N) is 1. The first kappa shape index (κ1) is 13.5. The zero-order valence-electron chi connectivity index (χ0n) is 10.7. The van der Waals surface area contributed by atoms with E-state index in [9.17, 15) is 10.1 Å². The summed E-state index contributed by atoms with van der Waals surface area (Å²) < 4.78 is 5.63. The van der Waals surface area contributed by atoms with Crippen molar-refractivity contribution in [2.24, 2.45) is 5.73 Å². The molecule has 2 rings (SSSR count). The van der Waals surface area contributed by atoms with Gasteiger partial charge in [-0.05, 0) is 30.7 Å². The third kappa shape index (κ3) is 2.72. The molecule has 0 bridgehead atoms. The SMILES string of the molecule is Cc1cc([N+](=O)[O-])ccc1Oc1cccnc1C(=N)N. The number of nitro benzene ring substituents is 1. The van der Waals surface area contributed by atoms with Crippen LogP contribution in [0.4, 0.5) is 5.69 Å². The maximum Gasteiger partial charge on any atom is 0.269 e. The van der Waals surface area contributed by atoms with Gasteiger partial charge in [0.2, 0.25) is 0 Å². The zero-order chi connectivity index (χ0) is 14.7. The molecule has 7 heteroatoms. The minimum absolute atomic E-state index is 0.00664. The molecule has 0 saturated heterocycles. The van der Waals surface area contributed by atoms with Crippen LogP contribution >= 0.6 is 0 Å². The maximum atomic E-state index is 10.7. The van der Waals surface area contributed by atoms with Crippen molar-refractivity contribution >= 4 is 11.5 Å². The van der Waals surface area contributed by atoms with Crippen molar-refractivity contribution < 1.29 is 9.66 Å². The Morgan fingerprint density at radius 2 is 2.15 bits per heavy atom. The number of amidine groups is 1. The van der Waals surface area contributed by atoms with E-state index in [2.05, 4.69) is 4.98 Å². The molecule has 0 aliphatic carbocycles. The van der Waals surface area contributed by atoms with Crippen molar-refractivity contribution in [1.82, 2.24) is 4.98 Å². The molecule has 1 aromatic heterocycles. The molecule has 0 atom stereocenters. The third-order valence-corrected chi connectivity index (χ3v) is 2.62. The number of pyridine rings is 1. The Labute approximate surface area is 114 Å². The lowest BCUT2D eigenvalue weighted by molar-refractivity contribution is -0.384. The third-order valence-electron chi connectivity index (χ3n) is 2.62. The molecule has 0 radical (unpaired) electrons. The predicted octanol–water partition coefficient (Wildman–Crippen LogP) is 2.37. The van der Waals surface area contributed by atoms with Gasteiger partial charge in [0.15, 0.2) is 5.75 Å². The molecule has 102 valence electrons. The number of non-ortho nitro benzene ring substituents is 1. The van der Waals surface area contributed by atoms with Gasteiger partial charge in [-0.1, -0.05) is 0 Å². The highest BCUT2D eigenvalue weighted by Gasteiger charge is 2.12. The van der Waals surface area contributed by atoms with Gasteiger partial charge in [-0.15, -0.1) is 0 Å². The summed E-state index contributed by atoms with van der Waals surface area (Å²) in [5, 5.41) is 18.1. The van der Waals surface area contributed by atoms with Crippen LogP contribution in [0.25, 0.3) is 0 Å². The standard InChI is InChI=1S/C13H12N4O3/c1-8-7-9(17(18)19)4-5-10(8)20-11-3-2-6-16-12(11)13(14)15/h2-7H,1H3,(H3,14,15). The minimum Gasteiger partial charge on any atom is -0.455 e. The Hall–Kier alpha value is -2.96. The van der Waals surface area contributed by atoms with E-state index in [1.165, 1.54) is 24.4 Å². The van der Waals surface area contributed by atoms with Crippen LogP contribution in [-0.4, -0.2) is 15.7 Å². The Bertz CT molecular complexity index is 685. The Morgan fingerprint density at radius 3 is 2.75 bits per heavy atom. The highest BCUT2D eigenvalue weighted by atomic mass is 16.6. The molecule has 0 aliphatic heterocycles. The number of rotatable bonds is 4. The van der Waals surface area contributed by atoms with Gasteiger partial charge in [-0.3, -0.25) is 15.5 Å². The van der Waals surface area contributed by atoms with Crippen LogP contribution in [0.3, 0.4) is 0 Å². The topological polar surface area (TPSA) is 115 Å². The summed E-state index contributed by atoms with van der Waals surface area (Å²) in [4.78, 5) is 14.2. The first-order valence-electron chi connectivity index (χ1n) is 5.71. The van der Waals surface area contributed by atoms with Crippen molar-refractivity contribution in [1.29, 1.82) is 5.41 Å². The highest BCUT2D eigenvalue weighted by molar-refractivity contribution is 5.95. The van der Waals surface area contributed by atoms with E-state index in [4.69, 9.17) is 15.9 Å². The Kier molecular flexibility index (Phi) is 3.60. The molecule has 0 amide bonds. The van der Waals surface area contributed by atoms with Gasteiger partial charge in [0.05, 0.1) is 4.92 Å². The second kappa shape index (κ2) is 5.35. The fraction of sp³-hybridized carbons (Fsp3) is 0.0769. The van der Waals surface area contributed by atoms with Crippen LogP contribution < -0.4 is 10.5 Å². The molecule has 20 heavy (non-hydrogen) atoms. The number of benzene rings is 1. The molecule has 1 heterocycles. The maximum absolute atomic E-state index is 10.7. The zero-order valence-corrected chi connectivity index (χ0v) is 10.7. The fourth-order valence-corrected chi connectivity index (χ4v) is 1.66. The lowest BCUT2D eigenvalue weighted by Crippen LogP contribution is -2.14. The van der Waals surface area contributed by atoms with Crippen LogP contribution in [-0.2, 0) is 0 Å². The lowest BCUT2D eigenvalue weighted by atomic mass is 10.2. The van der Waals surface area contributed by atoms with Crippen molar-refractivity contribution in [2.45, 2.75) is 6.92 Å². The molecule has 0 unspecified atom stereocenters. The second-order valence-electron chi connectivity index (χ2n) is 4.07. The largest absolute Gasteiger partial charge is 0.455 e. The van der Waals surface area contributed by atoms with Crippen LogP contribution in [0.1, 0.15) is 11.3 Å². The fourth-order valence-electron chi connectivity index (χ4n) is 1.66. The van der Waals surface area contributed by atoms with Crippen molar-refractivity contribution in [3.63, 3.8) is 0 Å². The van der Waals surface area contributed by atoms with Crippen LogP contribution in [0.15, 0.2) is 36.5 Å². The lowest BCUT2D eigenvalue weighted by Gasteiger charge is -2.11. The number of nitrogens with two attached hydrogens (primary N) is 1. The predicted molar refractivity (Wildman–Crippen MR) is 73.2 cm³/mol.